The average Bonchev–Trinajstić information content (AvgIpc) is 3.36. The molecule has 0 radical (unpaired) electrons. The van der Waals surface area contributed by atoms with Crippen molar-refractivity contribution in [3.05, 3.63) is 71.6 Å². The number of nitrogens with one attached hydrogen (secondary N) is 1. The molecule has 2 amide bonds. The van der Waals surface area contributed by atoms with E-state index in [2.05, 4.69) is 39.4 Å². The summed E-state index contributed by atoms with van der Waals surface area (Å²) in [7, 11) is 0. The van der Waals surface area contributed by atoms with Gasteiger partial charge >= 0.3 is 0 Å². The van der Waals surface area contributed by atoms with Gasteiger partial charge in [0.1, 0.15) is 0 Å². The number of aryl methyl sites for hydroxylation is 2. The van der Waals surface area contributed by atoms with Crippen molar-refractivity contribution >= 4 is 11.8 Å². The van der Waals surface area contributed by atoms with Crippen LogP contribution >= 0.6 is 0 Å². The summed E-state index contributed by atoms with van der Waals surface area (Å²) in [6.45, 7) is 5.58. The first-order valence-corrected chi connectivity index (χ1v) is 11.8. The van der Waals surface area contributed by atoms with Crippen LogP contribution in [0.5, 0.6) is 0 Å². The van der Waals surface area contributed by atoms with Crippen LogP contribution in [-0.4, -0.2) is 64.5 Å². The molecule has 0 atom stereocenters. The van der Waals surface area contributed by atoms with Crippen LogP contribution in [0, 0.1) is 0 Å². The molecule has 4 rings (SSSR count). The van der Waals surface area contributed by atoms with E-state index in [0.29, 0.717) is 63.8 Å². The maximum atomic E-state index is 12.6. The quantitative estimate of drug-likeness (QED) is 0.527. The maximum absolute atomic E-state index is 12.6. The molecule has 8 heteroatoms. The highest BCUT2D eigenvalue weighted by molar-refractivity contribution is 5.78. The Labute approximate surface area is 199 Å². The van der Waals surface area contributed by atoms with Gasteiger partial charge in [0.2, 0.25) is 23.5 Å². The van der Waals surface area contributed by atoms with Gasteiger partial charge in [-0.15, -0.1) is 0 Å². The van der Waals surface area contributed by atoms with Crippen molar-refractivity contribution in [1.29, 1.82) is 0 Å². The molecule has 178 valence electrons. The summed E-state index contributed by atoms with van der Waals surface area (Å²) in [6, 6.07) is 17.9. The van der Waals surface area contributed by atoms with Gasteiger partial charge in [0.05, 0.1) is 6.54 Å². The lowest BCUT2D eigenvalue weighted by Crippen LogP contribution is -2.51. The van der Waals surface area contributed by atoms with Gasteiger partial charge in [-0.1, -0.05) is 66.7 Å². The van der Waals surface area contributed by atoms with Crippen molar-refractivity contribution in [3.8, 4) is 11.4 Å². The lowest BCUT2D eigenvalue weighted by Gasteiger charge is -2.34. The van der Waals surface area contributed by atoms with Gasteiger partial charge in [0.15, 0.2) is 0 Å². The standard InChI is InChI=1S/C26H31N5O3/c1-2-20-8-10-22(11-9-20)26-28-24(34-29-26)12-13-25(33)31-16-14-30(15-17-31)19-23(32)27-18-21-6-4-3-5-7-21/h3-11H,2,12-19H2,1H3,(H,27,32). The highest BCUT2D eigenvalue weighted by atomic mass is 16.5. The molecular formula is C26H31N5O3. The maximum Gasteiger partial charge on any atom is 0.234 e. The average molecular weight is 462 g/mol. The Balaban J connectivity index is 1.17. The third-order valence-electron chi connectivity index (χ3n) is 6.07. The van der Waals surface area contributed by atoms with Crippen molar-refractivity contribution in [2.75, 3.05) is 32.7 Å². The first-order chi connectivity index (χ1) is 16.6. The number of carbonyl (C=O) groups excluding carboxylic acids is 2. The molecule has 8 nitrogen and oxygen atoms in total. The molecule has 2 heterocycles. The molecule has 1 aliphatic rings. The van der Waals surface area contributed by atoms with Gasteiger partial charge in [0.25, 0.3) is 0 Å². The first-order valence-electron chi connectivity index (χ1n) is 11.8. The number of rotatable bonds is 9. The Bertz CT molecular complexity index is 1070. The summed E-state index contributed by atoms with van der Waals surface area (Å²) in [5.41, 5.74) is 3.24. The fraction of sp³-hybridized carbons (Fsp3) is 0.385. The summed E-state index contributed by atoms with van der Waals surface area (Å²) in [6.07, 6.45) is 1.73. The second-order valence-electron chi connectivity index (χ2n) is 8.48. The van der Waals surface area contributed by atoms with Gasteiger partial charge in [0, 0.05) is 51.1 Å². The minimum atomic E-state index is 0.000150. The van der Waals surface area contributed by atoms with E-state index >= 15 is 0 Å². The Morgan fingerprint density at radius 1 is 0.971 bits per heavy atom. The van der Waals surface area contributed by atoms with E-state index in [0.717, 1.165) is 17.5 Å². The van der Waals surface area contributed by atoms with Crippen molar-refractivity contribution < 1.29 is 14.1 Å². The van der Waals surface area contributed by atoms with E-state index in [1.165, 1.54) is 5.56 Å². The van der Waals surface area contributed by atoms with Gasteiger partial charge in [-0.05, 0) is 17.5 Å². The number of aromatic nitrogens is 2. The van der Waals surface area contributed by atoms with Crippen molar-refractivity contribution in [1.82, 2.24) is 25.3 Å². The first kappa shape index (κ1) is 23.6. The molecule has 1 N–H and O–H groups in total. The zero-order chi connectivity index (χ0) is 23.8. The van der Waals surface area contributed by atoms with Crippen LogP contribution < -0.4 is 5.32 Å². The van der Waals surface area contributed by atoms with E-state index in [9.17, 15) is 9.59 Å². The highest BCUT2D eigenvalue weighted by Crippen LogP contribution is 2.17. The van der Waals surface area contributed by atoms with E-state index in [1.54, 1.807) is 0 Å². The number of benzene rings is 2. The van der Waals surface area contributed by atoms with Gasteiger partial charge < -0.3 is 14.7 Å². The van der Waals surface area contributed by atoms with E-state index in [-0.39, 0.29) is 11.8 Å². The van der Waals surface area contributed by atoms with E-state index < -0.39 is 0 Å². The zero-order valence-electron chi connectivity index (χ0n) is 19.6. The van der Waals surface area contributed by atoms with E-state index in [1.807, 2.05) is 47.4 Å². The Hall–Kier alpha value is -3.52. The normalized spacial score (nSPS) is 14.2. The second kappa shape index (κ2) is 11.6. The molecule has 0 aliphatic carbocycles. The molecule has 3 aromatic rings. The topological polar surface area (TPSA) is 91.6 Å². The molecule has 0 spiro atoms. The Morgan fingerprint density at radius 3 is 2.41 bits per heavy atom. The van der Waals surface area contributed by atoms with Crippen molar-refractivity contribution in [3.63, 3.8) is 0 Å². The van der Waals surface area contributed by atoms with Crippen LogP contribution in [0.15, 0.2) is 59.1 Å². The largest absolute Gasteiger partial charge is 0.351 e. The van der Waals surface area contributed by atoms with Crippen LogP contribution in [0.25, 0.3) is 11.4 Å². The van der Waals surface area contributed by atoms with Gasteiger partial charge in [-0.25, -0.2) is 0 Å². The lowest BCUT2D eigenvalue weighted by molar-refractivity contribution is -0.133. The summed E-state index contributed by atoms with van der Waals surface area (Å²) in [5.74, 6) is 1.08. The van der Waals surface area contributed by atoms with Crippen molar-refractivity contribution in [2.45, 2.75) is 32.7 Å². The molecule has 34 heavy (non-hydrogen) atoms. The second-order valence-corrected chi connectivity index (χ2v) is 8.48. The monoisotopic (exact) mass is 461 g/mol. The SMILES string of the molecule is CCc1ccc(-c2noc(CCC(=O)N3CCN(CC(=O)NCc4ccccc4)CC3)n2)cc1. The van der Waals surface area contributed by atoms with Gasteiger partial charge in [-0.3, -0.25) is 14.5 Å². The van der Waals surface area contributed by atoms with Crippen LogP contribution in [-0.2, 0) is 29.0 Å². The summed E-state index contributed by atoms with van der Waals surface area (Å²) in [5, 5.41) is 7.00. The molecule has 0 bridgehead atoms. The number of piperazine rings is 1. The number of hydrogen-bond donors (Lipinski definition) is 1. The van der Waals surface area contributed by atoms with Crippen LogP contribution in [0.1, 0.15) is 30.4 Å². The van der Waals surface area contributed by atoms with E-state index in [4.69, 9.17) is 4.52 Å². The Morgan fingerprint density at radius 2 is 1.71 bits per heavy atom. The minimum Gasteiger partial charge on any atom is -0.351 e. The molecular weight excluding hydrogens is 430 g/mol. The molecule has 1 aromatic heterocycles. The third-order valence-corrected chi connectivity index (χ3v) is 6.07. The summed E-state index contributed by atoms with van der Waals surface area (Å²) < 4.78 is 5.34. The predicted octanol–water partition coefficient (Wildman–Crippen LogP) is 2.69. The fourth-order valence-electron chi connectivity index (χ4n) is 3.95. The fourth-order valence-corrected chi connectivity index (χ4v) is 3.95. The third kappa shape index (κ3) is 6.51. The number of nitrogens with zero attached hydrogens (tertiary/aromatic N) is 4. The number of hydrogen-bond acceptors (Lipinski definition) is 6. The molecule has 1 aliphatic heterocycles. The van der Waals surface area contributed by atoms with Crippen molar-refractivity contribution in [2.24, 2.45) is 0 Å². The molecule has 1 saturated heterocycles. The molecule has 0 unspecified atom stereocenters. The highest BCUT2D eigenvalue weighted by Gasteiger charge is 2.23. The summed E-state index contributed by atoms with van der Waals surface area (Å²) in [4.78, 5) is 33.2. The minimum absolute atomic E-state index is 0.000150. The Kier molecular flexibility index (Phi) is 8.04. The zero-order valence-corrected chi connectivity index (χ0v) is 19.6. The molecule has 0 saturated carbocycles. The summed E-state index contributed by atoms with van der Waals surface area (Å²) >= 11 is 0. The lowest BCUT2D eigenvalue weighted by atomic mass is 10.1. The number of amides is 2. The predicted molar refractivity (Wildman–Crippen MR) is 129 cm³/mol. The van der Waals surface area contributed by atoms with Gasteiger partial charge in [-0.2, -0.15) is 4.98 Å². The van der Waals surface area contributed by atoms with Crippen LogP contribution in [0.4, 0.5) is 0 Å². The molecule has 1 fully saturated rings. The van der Waals surface area contributed by atoms with Crippen LogP contribution in [0.2, 0.25) is 0 Å². The number of carbonyl (C=O) groups is 2. The smallest absolute Gasteiger partial charge is 0.234 e. The van der Waals surface area contributed by atoms with Crippen LogP contribution in [0.3, 0.4) is 0 Å². The molecule has 2 aromatic carbocycles.